The molecule has 0 radical (unpaired) electrons. The Hall–Kier alpha value is -3.61. The number of rotatable bonds is 3. The minimum absolute atomic E-state index is 0.0106. The smallest absolute Gasteiger partial charge is 0.252 e. The van der Waals surface area contributed by atoms with E-state index in [2.05, 4.69) is 15.1 Å². The van der Waals surface area contributed by atoms with Crippen LogP contribution in [0.25, 0.3) is 17.2 Å². The number of aromatic nitrogens is 4. The fraction of sp³-hybridized carbons (Fsp3) is 0.182. The number of methoxy groups -OCH3 is 1. The summed E-state index contributed by atoms with van der Waals surface area (Å²) in [5, 5.41) is 4.48. The van der Waals surface area contributed by atoms with Crippen LogP contribution in [0, 0.1) is 5.82 Å². The number of fused-ring (bicyclic) bond motifs is 2. The lowest BCUT2D eigenvalue weighted by atomic mass is 9.82. The van der Waals surface area contributed by atoms with E-state index in [4.69, 9.17) is 4.74 Å². The highest BCUT2D eigenvalue weighted by atomic mass is 19.1. The van der Waals surface area contributed by atoms with Crippen LogP contribution in [0.4, 0.5) is 4.39 Å². The fourth-order valence-corrected chi connectivity index (χ4v) is 3.72. The molecule has 2 aromatic heterocycles. The SMILES string of the molecule is COc1ccc(-c2nc3nc4c(cn3n2)C(=O)C[C@H](c2ccc(F)cc2)C4)cc1. The molecule has 29 heavy (non-hydrogen) atoms. The summed E-state index contributed by atoms with van der Waals surface area (Å²) in [6.07, 6.45) is 2.68. The molecule has 0 unspecified atom stereocenters. The molecule has 144 valence electrons. The van der Waals surface area contributed by atoms with E-state index in [9.17, 15) is 9.18 Å². The van der Waals surface area contributed by atoms with E-state index < -0.39 is 0 Å². The average molecular weight is 388 g/mol. The maximum atomic E-state index is 13.2. The Morgan fingerprint density at radius 3 is 2.52 bits per heavy atom. The molecule has 0 saturated carbocycles. The van der Waals surface area contributed by atoms with Gasteiger partial charge >= 0.3 is 0 Å². The molecular formula is C22H17FN4O2. The first-order valence-electron chi connectivity index (χ1n) is 9.30. The number of ketones is 1. The standard InChI is InChI=1S/C22H17FN4O2/c1-29-17-8-4-14(5-9-17)21-25-22-24-19-10-15(13-2-6-16(23)7-3-13)11-20(28)18(19)12-27(22)26-21/h2-9,12,15H,10-11H2,1H3/t15-/m1/s1. The van der Waals surface area contributed by atoms with Crippen molar-refractivity contribution < 1.29 is 13.9 Å². The number of ether oxygens (including phenoxy) is 1. The van der Waals surface area contributed by atoms with Crippen LogP contribution in [0.5, 0.6) is 5.75 Å². The number of carbonyl (C=O) groups excluding carboxylic acids is 1. The van der Waals surface area contributed by atoms with E-state index in [0.717, 1.165) is 16.9 Å². The Labute approximate surface area is 166 Å². The van der Waals surface area contributed by atoms with Crippen LogP contribution in [-0.4, -0.2) is 32.5 Å². The van der Waals surface area contributed by atoms with E-state index in [-0.39, 0.29) is 17.5 Å². The van der Waals surface area contributed by atoms with Crippen LogP contribution in [-0.2, 0) is 6.42 Å². The molecule has 1 aliphatic rings. The van der Waals surface area contributed by atoms with Gasteiger partial charge in [-0.1, -0.05) is 12.1 Å². The number of carbonyl (C=O) groups is 1. The van der Waals surface area contributed by atoms with Crippen molar-refractivity contribution in [3.8, 4) is 17.1 Å². The second kappa shape index (κ2) is 6.77. The molecule has 1 aliphatic carbocycles. The highest BCUT2D eigenvalue weighted by Gasteiger charge is 2.28. The minimum atomic E-state index is -0.286. The van der Waals surface area contributed by atoms with Gasteiger partial charge in [-0.25, -0.2) is 13.9 Å². The van der Waals surface area contributed by atoms with Gasteiger partial charge in [-0.2, -0.15) is 4.98 Å². The quantitative estimate of drug-likeness (QED) is 0.533. The predicted octanol–water partition coefficient (Wildman–Crippen LogP) is 3.85. The number of nitrogens with zero attached hydrogens (tertiary/aromatic N) is 4. The highest BCUT2D eigenvalue weighted by molar-refractivity contribution is 5.98. The van der Waals surface area contributed by atoms with Crippen LogP contribution in [0.3, 0.4) is 0 Å². The monoisotopic (exact) mass is 388 g/mol. The lowest BCUT2D eigenvalue weighted by molar-refractivity contribution is 0.0962. The first kappa shape index (κ1) is 17.5. The highest BCUT2D eigenvalue weighted by Crippen LogP contribution is 2.32. The molecule has 2 heterocycles. The Morgan fingerprint density at radius 1 is 1.03 bits per heavy atom. The molecule has 0 amide bonds. The molecule has 0 spiro atoms. The topological polar surface area (TPSA) is 69.4 Å². The Kier molecular flexibility index (Phi) is 4.08. The third-order valence-electron chi connectivity index (χ3n) is 5.27. The van der Waals surface area contributed by atoms with Gasteiger partial charge in [0, 0.05) is 18.2 Å². The first-order valence-corrected chi connectivity index (χ1v) is 9.30. The Balaban J connectivity index is 1.51. The first-order chi connectivity index (χ1) is 14.1. The van der Waals surface area contributed by atoms with Gasteiger partial charge < -0.3 is 4.74 Å². The van der Waals surface area contributed by atoms with Gasteiger partial charge in [0.15, 0.2) is 11.6 Å². The zero-order valence-corrected chi connectivity index (χ0v) is 15.7. The van der Waals surface area contributed by atoms with Gasteiger partial charge in [-0.15, -0.1) is 5.10 Å². The summed E-state index contributed by atoms with van der Waals surface area (Å²) in [6.45, 7) is 0. The zero-order valence-electron chi connectivity index (χ0n) is 15.7. The zero-order chi connectivity index (χ0) is 20.0. The maximum Gasteiger partial charge on any atom is 0.252 e. The normalized spacial score (nSPS) is 16.1. The molecule has 0 N–H and O–H groups in total. The van der Waals surface area contributed by atoms with Crippen LogP contribution in [0.2, 0.25) is 0 Å². The number of Topliss-reactive ketones (excluding diaryl/α,β-unsaturated/α-hetero) is 1. The summed E-state index contributed by atoms with van der Waals surface area (Å²) in [6, 6.07) is 13.8. The molecule has 0 fully saturated rings. The van der Waals surface area contributed by atoms with E-state index in [1.54, 1.807) is 30.0 Å². The van der Waals surface area contributed by atoms with Gasteiger partial charge in [0.25, 0.3) is 5.78 Å². The van der Waals surface area contributed by atoms with Crippen molar-refractivity contribution >= 4 is 11.6 Å². The van der Waals surface area contributed by atoms with E-state index in [1.807, 2.05) is 24.3 Å². The summed E-state index contributed by atoms with van der Waals surface area (Å²) in [7, 11) is 1.61. The molecule has 2 aromatic carbocycles. The fourth-order valence-electron chi connectivity index (χ4n) is 3.72. The number of benzene rings is 2. The molecule has 5 rings (SSSR count). The predicted molar refractivity (Wildman–Crippen MR) is 105 cm³/mol. The van der Waals surface area contributed by atoms with Gasteiger partial charge in [-0.05, 0) is 54.3 Å². The number of hydrogen-bond acceptors (Lipinski definition) is 5. The second-order valence-electron chi connectivity index (χ2n) is 7.09. The maximum absolute atomic E-state index is 13.2. The van der Waals surface area contributed by atoms with Crippen molar-refractivity contribution in [2.75, 3.05) is 7.11 Å². The van der Waals surface area contributed by atoms with Crippen LogP contribution in [0.1, 0.15) is 34.0 Å². The molecule has 0 bridgehead atoms. The Morgan fingerprint density at radius 2 is 1.79 bits per heavy atom. The van der Waals surface area contributed by atoms with E-state index >= 15 is 0 Å². The summed E-state index contributed by atoms with van der Waals surface area (Å²) in [5.41, 5.74) is 3.05. The van der Waals surface area contributed by atoms with Crippen molar-refractivity contribution in [3.63, 3.8) is 0 Å². The molecular weight excluding hydrogens is 371 g/mol. The largest absolute Gasteiger partial charge is 0.497 e. The van der Waals surface area contributed by atoms with Crippen molar-refractivity contribution in [1.82, 2.24) is 19.6 Å². The van der Waals surface area contributed by atoms with Gasteiger partial charge in [0.1, 0.15) is 11.6 Å². The van der Waals surface area contributed by atoms with Crippen LogP contribution >= 0.6 is 0 Å². The van der Waals surface area contributed by atoms with Gasteiger partial charge in [0.05, 0.1) is 18.4 Å². The third kappa shape index (κ3) is 3.14. The molecule has 0 saturated heterocycles. The van der Waals surface area contributed by atoms with Crippen molar-refractivity contribution in [2.24, 2.45) is 0 Å². The van der Waals surface area contributed by atoms with Crippen molar-refractivity contribution in [3.05, 3.63) is 77.4 Å². The Bertz CT molecular complexity index is 1220. The summed E-state index contributed by atoms with van der Waals surface area (Å²) in [4.78, 5) is 21.9. The number of halogens is 1. The van der Waals surface area contributed by atoms with E-state index in [1.165, 1.54) is 12.1 Å². The minimum Gasteiger partial charge on any atom is -0.497 e. The summed E-state index contributed by atoms with van der Waals surface area (Å²) in [5.74, 6) is 1.44. The second-order valence-corrected chi connectivity index (χ2v) is 7.09. The number of hydrogen-bond donors (Lipinski definition) is 0. The van der Waals surface area contributed by atoms with Crippen molar-refractivity contribution in [1.29, 1.82) is 0 Å². The van der Waals surface area contributed by atoms with Crippen molar-refractivity contribution in [2.45, 2.75) is 18.8 Å². The van der Waals surface area contributed by atoms with Gasteiger partial charge in [-0.3, -0.25) is 4.79 Å². The lowest BCUT2D eigenvalue weighted by Gasteiger charge is -2.23. The average Bonchev–Trinajstić information content (AvgIpc) is 3.16. The molecule has 1 atom stereocenters. The molecule has 0 aliphatic heterocycles. The molecule has 6 nitrogen and oxygen atoms in total. The van der Waals surface area contributed by atoms with Crippen LogP contribution in [0.15, 0.2) is 54.7 Å². The molecule has 7 heteroatoms. The summed E-state index contributed by atoms with van der Waals surface area (Å²) >= 11 is 0. The molecule has 4 aromatic rings. The third-order valence-corrected chi connectivity index (χ3v) is 5.27. The van der Waals surface area contributed by atoms with Gasteiger partial charge in [0.2, 0.25) is 0 Å². The summed E-state index contributed by atoms with van der Waals surface area (Å²) < 4.78 is 20.0. The van der Waals surface area contributed by atoms with E-state index in [0.29, 0.717) is 35.7 Å². The van der Waals surface area contributed by atoms with Crippen LogP contribution < -0.4 is 4.74 Å². The lowest BCUT2D eigenvalue weighted by Crippen LogP contribution is -2.21.